The minimum atomic E-state index is -2.22. The predicted octanol–water partition coefficient (Wildman–Crippen LogP) is 4.24. The molecule has 0 bridgehead atoms. The van der Waals surface area contributed by atoms with Gasteiger partial charge < -0.3 is 18.6 Å². The molecule has 2 saturated carbocycles. The van der Waals surface area contributed by atoms with E-state index in [1.54, 1.807) is 0 Å². The van der Waals surface area contributed by atoms with Gasteiger partial charge in [-0.15, -0.1) is 6.58 Å². The number of fused-ring (bicyclic) bond motifs is 2. The van der Waals surface area contributed by atoms with Crippen molar-refractivity contribution in [3.8, 4) is 0 Å². The Hall–Kier alpha value is -1.18. The Bertz CT molecular complexity index is 741. The lowest BCUT2D eigenvalue weighted by atomic mass is 9.59. The summed E-state index contributed by atoms with van der Waals surface area (Å²) in [4.78, 5) is 24.3. The fourth-order valence-corrected chi connectivity index (χ4v) is 13.1. The molecule has 0 aromatic rings. The number of esters is 2. The third kappa shape index (κ3) is 3.02. The summed E-state index contributed by atoms with van der Waals surface area (Å²) in [7, 11) is -2.22. The highest BCUT2D eigenvalue weighted by atomic mass is 28.4. The third-order valence-corrected chi connectivity index (χ3v) is 14.8. The molecule has 0 aromatic carbocycles. The minimum absolute atomic E-state index is 0.000775. The molecule has 7 heteroatoms. The second-order valence-electron chi connectivity index (χ2n) is 10.9. The van der Waals surface area contributed by atoms with E-state index in [0.717, 1.165) is 6.42 Å². The number of hydrogen-bond acceptors (Lipinski definition) is 6. The lowest BCUT2D eigenvalue weighted by Crippen LogP contribution is -2.59. The van der Waals surface area contributed by atoms with Crippen molar-refractivity contribution in [2.24, 2.45) is 23.7 Å². The van der Waals surface area contributed by atoms with Gasteiger partial charge in [0.15, 0.2) is 0 Å². The smallest absolute Gasteiger partial charge is 0.312 e. The number of hydrogen-bond donors (Lipinski definition) is 0. The van der Waals surface area contributed by atoms with Gasteiger partial charge in [0, 0.05) is 24.7 Å². The first kappa shape index (κ1) is 23.0. The molecular weight excluding hydrogens is 412 g/mol. The van der Waals surface area contributed by atoms with Crippen molar-refractivity contribution in [1.29, 1.82) is 0 Å². The van der Waals surface area contributed by atoms with Crippen LogP contribution in [-0.2, 0) is 28.2 Å². The lowest BCUT2D eigenvalue weighted by Gasteiger charge is -2.48. The summed E-state index contributed by atoms with van der Waals surface area (Å²) in [5.74, 6) is -0.601. The lowest BCUT2D eigenvalue weighted by molar-refractivity contribution is -0.168. The summed E-state index contributed by atoms with van der Waals surface area (Å²) in [6.07, 6.45) is 1.81. The van der Waals surface area contributed by atoms with Crippen LogP contribution in [0.1, 0.15) is 54.9 Å². The van der Waals surface area contributed by atoms with Gasteiger partial charge >= 0.3 is 11.9 Å². The molecule has 6 unspecified atom stereocenters. The first-order valence-corrected chi connectivity index (χ1v) is 14.0. The normalized spacial score (nSPS) is 41.1. The Kier molecular flexibility index (Phi) is 5.71. The number of carbonyl (C=O) groups is 2. The number of rotatable bonds is 7. The van der Waals surface area contributed by atoms with Crippen molar-refractivity contribution in [2.75, 3.05) is 6.61 Å². The molecule has 2 aliphatic heterocycles. The van der Waals surface area contributed by atoms with E-state index in [-0.39, 0.29) is 47.8 Å². The molecule has 2 heterocycles. The van der Waals surface area contributed by atoms with Crippen molar-refractivity contribution in [1.82, 2.24) is 0 Å². The highest BCUT2D eigenvalue weighted by molar-refractivity contribution is 6.77. The van der Waals surface area contributed by atoms with E-state index in [0.29, 0.717) is 23.2 Å². The van der Waals surface area contributed by atoms with Crippen LogP contribution in [0.3, 0.4) is 0 Å². The average Bonchev–Trinajstić information content (AvgIpc) is 3.16. The summed E-state index contributed by atoms with van der Waals surface area (Å²) < 4.78 is 25.2. The molecule has 2 aliphatic carbocycles. The monoisotopic (exact) mass is 450 g/mol. The van der Waals surface area contributed by atoms with Crippen molar-refractivity contribution in [3.05, 3.63) is 12.7 Å². The quantitative estimate of drug-likeness (QED) is 0.328. The summed E-state index contributed by atoms with van der Waals surface area (Å²) in [6.45, 7) is 19.4. The van der Waals surface area contributed by atoms with Crippen LogP contribution in [0.4, 0.5) is 0 Å². The van der Waals surface area contributed by atoms with Crippen LogP contribution >= 0.6 is 0 Å². The van der Waals surface area contributed by atoms with Crippen molar-refractivity contribution in [2.45, 2.75) is 95.4 Å². The zero-order valence-electron chi connectivity index (χ0n) is 19.9. The van der Waals surface area contributed by atoms with E-state index < -0.39 is 20.0 Å². The average molecular weight is 451 g/mol. The third-order valence-electron chi connectivity index (χ3n) is 8.71. The molecule has 2 saturated heterocycles. The van der Waals surface area contributed by atoms with Gasteiger partial charge in [0.1, 0.15) is 18.3 Å². The van der Waals surface area contributed by atoms with Gasteiger partial charge in [0.05, 0.1) is 18.1 Å². The van der Waals surface area contributed by atoms with Crippen LogP contribution in [0.15, 0.2) is 12.7 Å². The predicted molar refractivity (Wildman–Crippen MR) is 119 cm³/mol. The highest BCUT2D eigenvalue weighted by Gasteiger charge is 2.77. The van der Waals surface area contributed by atoms with Crippen LogP contribution in [0, 0.1) is 23.7 Å². The zero-order chi connectivity index (χ0) is 22.9. The molecule has 4 aliphatic rings. The molecule has 1 spiro atoms. The maximum absolute atomic E-state index is 12.2. The van der Waals surface area contributed by atoms with Crippen LogP contribution in [0.25, 0.3) is 0 Å². The molecule has 8 atom stereocenters. The summed E-state index contributed by atoms with van der Waals surface area (Å²) in [5, 5.41) is 0. The fourth-order valence-electron chi connectivity index (χ4n) is 7.56. The van der Waals surface area contributed by atoms with Gasteiger partial charge in [-0.05, 0) is 23.0 Å². The topological polar surface area (TPSA) is 71.1 Å². The maximum Gasteiger partial charge on any atom is 0.312 e. The molecule has 0 radical (unpaired) electrons. The fraction of sp³-hybridized carbons (Fsp3) is 0.833. The van der Waals surface area contributed by atoms with Gasteiger partial charge in [0.2, 0.25) is 8.32 Å². The number of ether oxygens (including phenoxy) is 3. The molecular formula is C24H38O6Si. The molecule has 4 rings (SSSR count). The van der Waals surface area contributed by atoms with Gasteiger partial charge in [-0.25, -0.2) is 0 Å². The molecule has 174 valence electrons. The van der Waals surface area contributed by atoms with Gasteiger partial charge in [-0.3, -0.25) is 9.59 Å². The molecule has 6 nitrogen and oxygen atoms in total. The van der Waals surface area contributed by atoms with E-state index in [1.165, 1.54) is 6.92 Å². The number of cyclic esters (lactones) is 1. The van der Waals surface area contributed by atoms with Crippen LogP contribution in [0.5, 0.6) is 0 Å². The second kappa shape index (κ2) is 7.70. The first-order chi connectivity index (χ1) is 14.5. The first-order valence-electron chi connectivity index (χ1n) is 11.8. The summed E-state index contributed by atoms with van der Waals surface area (Å²) in [5.41, 5.74) is 0.687. The Morgan fingerprint density at radius 1 is 1.16 bits per heavy atom. The van der Waals surface area contributed by atoms with Crippen LogP contribution in [-0.4, -0.2) is 50.8 Å². The van der Waals surface area contributed by atoms with Gasteiger partial charge in [0.25, 0.3) is 0 Å². The SMILES string of the molecule is C=CC1C(O[Si](C(C)C)(C(C)C)C(C)C)C(OC(C)=O)C2C1O[C@]13COC(=O)[C@H]1CC23. The van der Waals surface area contributed by atoms with E-state index in [4.69, 9.17) is 18.6 Å². The molecule has 0 N–H and O–H groups in total. The molecule has 31 heavy (non-hydrogen) atoms. The van der Waals surface area contributed by atoms with E-state index in [9.17, 15) is 9.59 Å². The minimum Gasteiger partial charge on any atom is -0.462 e. The molecule has 4 fully saturated rings. The van der Waals surface area contributed by atoms with Crippen molar-refractivity contribution >= 4 is 20.3 Å². The standard InChI is InChI=1S/C24H38O6Si/c1-9-16-20-19(17-10-18-23(26)27-11-24(17,18)29-20)22(28-15(8)25)21(16)30-31(12(2)3,13(4)5)14(6)7/h9,12-14,16-22H,1,10-11H2,2-8H3/t16?,17?,18-,19?,20?,21?,22?,24+/m1/s1. The maximum atomic E-state index is 12.2. The number of carbonyl (C=O) groups excluding carboxylic acids is 2. The Labute approximate surface area is 187 Å². The van der Waals surface area contributed by atoms with Crippen LogP contribution in [0.2, 0.25) is 16.6 Å². The van der Waals surface area contributed by atoms with E-state index in [2.05, 4.69) is 48.1 Å². The molecule has 0 amide bonds. The van der Waals surface area contributed by atoms with Crippen molar-refractivity contribution in [3.63, 3.8) is 0 Å². The van der Waals surface area contributed by atoms with Crippen molar-refractivity contribution < 1.29 is 28.2 Å². The summed E-state index contributed by atoms with van der Waals surface area (Å²) >= 11 is 0. The highest BCUT2D eigenvalue weighted by Crippen LogP contribution is 2.66. The van der Waals surface area contributed by atoms with Gasteiger partial charge in [-0.1, -0.05) is 47.6 Å². The largest absolute Gasteiger partial charge is 0.462 e. The van der Waals surface area contributed by atoms with Crippen LogP contribution < -0.4 is 0 Å². The molecule has 0 aromatic heterocycles. The van der Waals surface area contributed by atoms with E-state index in [1.807, 2.05) is 6.08 Å². The van der Waals surface area contributed by atoms with E-state index >= 15 is 0 Å². The Balaban J connectivity index is 1.71. The Morgan fingerprint density at radius 3 is 2.26 bits per heavy atom. The zero-order valence-corrected chi connectivity index (χ0v) is 20.9. The Morgan fingerprint density at radius 2 is 1.77 bits per heavy atom. The van der Waals surface area contributed by atoms with Gasteiger partial charge in [-0.2, -0.15) is 0 Å². The second-order valence-corrected chi connectivity index (χ2v) is 16.3. The summed E-state index contributed by atoms with van der Waals surface area (Å²) in [6, 6.07) is 0.